The lowest BCUT2D eigenvalue weighted by atomic mass is 9.92. The summed E-state index contributed by atoms with van der Waals surface area (Å²) >= 11 is 0. The van der Waals surface area contributed by atoms with E-state index in [0.717, 1.165) is 11.1 Å². The van der Waals surface area contributed by atoms with Crippen LogP contribution in [0.15, 0.2) is 12.1 Å². The molecule has 0 saturated carbocycles. The van der Waals surface area contributed by atoms with E-state index in [9.17, 15) is 15.0 Å². The molecule has 0 bridgehead atoms. The SMILES string of the molecule is Cc1cc(O)cc(C)c1C(O)C(N)CCNC(=O)OC(C)(C)C. The van der Waals surface area contributed by atoms with Crippen molar-refractivity contribution in [3.63, 3.8) is 0 Å². The topological polar surface area (TPSA) is 105 Å². The third-order valence-corrected chi connectivity index (χ3v) is 3.43. The number of nitrogens with two attached hydrogens (primary N) is 1. The van der Waals surface area contributed by atoms with E-state index in [1.165, 1.54) is 0 Å². The van der Waals surface area contributed by atoms with Gasteiger partial charge in [0.1, 0.15) is 11.4 Å². The highest BCUT2D eigenvalue weighted by Crippen LogP contribution is 2.28. The number of phenolic OH excluding ortho intramolecular Hbond substituents is 1. The molecule has 0 radical (unpaired) electrons. The summed E-state index contributed by atoms with van der Waals surface area (Å²) in [6.07, 6.45) is -0.965. The number of aryl methyl sites for hydroxylation is 2. The summed E-state index contributed by atoms with van der Waals surface area (Å²) in [5.74, 6) is 0.163. The standard InChI is InChI=1S/C17H28N2O4/c1-10-8-12(20)9-11(2)14(10)15(21)13(18)6-7-19-16(22)23-17(3,4)5/h8-9,13,15,20-21H,6-7,18H2,1-5H3,(H,19,22). The largest absolute Gasteiger partial charge is 0.508 e. The summed E-state index contributed by atoms with van der Waals surface area (Å²) in [7, 11) is 0. The van der Waals surface area contributed by atoms with Crippen molar-refractivity contribution >= 4 is 6.09 Å². The molecule has 23 heavy (non-hydrogen) atoms. The number of carbonyl (C=O) groups is 1. The lowest BCUT2D eigenvalue weighted by Crippen LogP contribution is -2.37. The Morgan fingerprint density at radius 3 is 2.30 bits per heavy atom. The summed E-state index contributed by atoms with van der Waals surface area (Å²) in [4.78, 5) is 11.6. The first kappa shape index (κ1) is 19.3. The van der Waals surface area contributed by atoms with E-state index in [1.54, 1.807) is 32.9 Å². The van der Waals surface area contributed by atoms with Gasteiger partial charge in [-0.1, -0.05) is 0 Å². The average Bonchev–Trinajstić information content (AvgIpc) is 2.34. The normalized spacial score (nSPS) is 14.2. The number of ether oxygens (including phenoxy) is 1. The minimum Gasteiger partial charge on any atom is -0.508 e. The lowest BCUT2D eigenvalue weighted by Gasteiger charge is -2.24. The molecule has 0 saturated heterocycles. The highest BCUT2D eigenvalue weighted by atomic mass is 16.6. The average molecular weight is 324 g/mol. The van der Waals surface area contributed by atoms with Gasteiger partial charge >= 0.3 is 6.09 Å². The van der Waals surface area contributed by atoms with E-state index in [0.29, 0.717) is 18.5 Å². The second-order valence-electron chi connectivity index (χ2n) is 6.82. The number of aliphatic hydroxyl groups is 1. The van der Waals surface area contributed by atoms with Crippen molar-refractivity contribution in [1.82, 2.24) is 5.32 Å². The van der Waals surface area contributed by atoms with E-state index >= 15 is 0 Å². The monoisotopic (exact) mass is 324 g/mol. The molecular formula is C17H28N2O4. The Labute approximate surface area is 137 Å². The first-order chi connectivity index (χ1) is 10.5. The van der Waals surface area contributed by atoms with Crippen molar-refractivity contribution in [1.29, 1.82) is 0 Å². The van der Waals surface area contributed by atoms with Gasteiger partial charge in [-0.2, -0.15) is 0 Å². The molecule has 1 rings (SSSR count). The maximum absolute atomic E-state index is 11.6. The molecule has 6 nitrogen and oxygen atoms in total. The second-order valence-corrected chi connectivity index (χ2v) is 6.82. The Bertz CT molecular complexity index is 529. The molecule has 0 aliphatic carbocycles. The van der Waals surface area contributed by atoms with Crippen molar-refractivity contribution in [2.24, 2.45) is 5.73 Å². The minimum absolute atomic E-state index is 0.163. The maximum atomic E-state index is 11.6. The van der Waals surface area contributed by atoms with Gasteiger partial charge in [0.2, 0.25) is 0 Å². The molecule has 1 amide bonds. The lowest BCUT2D eigenvalue weighted by molar-refractivity contribution is 0.0521. The van der Waals surface area contributed by atoms with Gasteiger partial charge in [0, 0.05) is 12.6 Å². The van der Waals surface area contributed by atoms with Gasteiger partial charge < -0.3 is 26.0 Å². The van der Waals surface area contributed by atoms with Gasteiger partial charge in [0.25, 0.3) is 0 Å². The van der Waals surface area contributed by atoms with Crippen LogP contribution in [0.2, 0.25) is 0 Å². The Balaban J connectivity index is 2.59. The summed E-state index contributed by atoms with van der Waals surface area (Å²) in [5.41, 5.74) is 7.77. The predicted octanol–water partition coefficient (Wildman–Crippen LogP) is 2.28. The van der Waals surface area contributed by atoms with Gasteiger partial charge in [-0.3, -0.25) is 0 Å². The van der Waals surface area contributed by atoms with Gasteiger partial charge in [0.15, 0.2) is 0 Å². The molecule has 0 aromatic heterocycles. The third-order valence-electron chi connectivity index (χ3n) is 3.43. The van der Waals surface area contributed by atoms with E-state index in [2.05, 4.69) is 5.32 Å². The number of hydrogen-bond donors (Lipinski definition) is 4. The Morgan fingerprint density at radius 1 is 1.30 bits per heavy atom. The van der Waals surface area contributed by atoms with Crippen LogP contribution in [0.3, 0.4) is 0 Å². The van der Waals surface area contributed by atoms with Crippen LogP contribution in [0, 0.1) is 13.8 Å². The fourth-order valence-electron chi connectivity index (χ4n) is 2.45. The first-order valence-corrected chi connectivity index (χ1v) is 7.72. The molecule has 0 heterocycles. The smallest absolute Gasteiger partial charge is 0.407 e. The number of rotatable bonds is 5. The zero-order valence-corrected chi connectivity index (χ0v) is 14.5. The van der Waals surface area contributed by atoms with Crippen molar-refractivity contribution < 1.29 is 19.7 Å². The number of phenols is 1. The number of nitrogens with one attached hydrogen (secondary N) is 1. The quantitative estimate of drug-likeness (QED) is 0.665. The van der Waals surface area contributed by atoms with Crippen molar-refractivity contribution in [2.75, 3.05) is 6.54 Å². The van der Waals surface area contributed by atoms with Crippen molar-refractivity contribution in [2.45, 2.75) is 58.8 Å². The van der Waals surface area contributed by atoms with Crippen LogP contribution in [0.1, 0.15) is 50.0 Å². The second kappa shape index (κ2) is 7.66. The number of carbonyl (C=O) groups excluding carboxylic acids is 1. The third kappa shape index (κ3) is 6.08. The van der Waals surface area contributed by atoms with Crippen LogP contribution in [-0.4, -0.2) is 34.5 Å². The zero-order chi connectivity index (χ0) is 17.8. The number of benzene rings is 1. The highest BCUT2D eigenvalue weighted by Gasteiger charge is 2.22. The van der Waals surface area contributed by atoms with E-state index in [-0.39, 0.29) is 5.75 Å². The molecule has 0 aliphatic heterocycles. The van der Waals surface area contributed by atoms with Crippen LogP contribution < -0.4 is 11.1 Å². The van der Waals surface area contributed by atoms with Crippen LogP contribution in [0.25, 0.3) is 0 Å². The molecule has 0 fully saturated rings. The maximum Gasteiger partial charge on any atom is 0.407 e. The number of amides is 1. The van der Waals surface area contributed by atoms with Crippen LogP contribution >= 0.6 is 0 Å². The Hall–Kier alpha value is -1.79. The number of alkyl carbamates (subject to hydrolysis) is 1. The Morgan fingerprint density at radius 2 is 1.83 bits per heavy atom. The van der Waals surface area contributed by atoms with Crippen LogP contribution in [0.4, 0.5) is 4.79 Å². The van der Waals surface area contributed by atoms with Crippen molar-refractivity contribution in [3.8, 4) is 5.75 Å². The summed E-state index contributed by atoms with van der Waals surface area (Å²) in [6.45, 7) is 9.31. The van der Waals surface area contributed by atoms with Crippen LogP contribution in [0.5, 0.6) is 5.75 Å². The van der Waals surface area contributed by atoms with Gasteiger partial charge in [-0.25, -0.2) is 4.79 Å². The fraction of sp³-hybridized carbons (Fsp3) is 0.588. The number of aliphatic hydroxyl groups excluding tert-OH is 1. The number of hydrogen-bond acceptors (Lipinski definition) is 5. The fourth-order valence-corrected chi connectivity index (χ4v) is 2.45. The molecule has 5 N–H and O–H groups in total. The molecule has 1 aromatic rings. The summed E-state index contributed by atoms with van der Waals surface area (Å²) in [5, 5.41) is 22.6. The van der Waals surface area contributed by atoms with E-state index in [1.807, 2.05) is 13.8 Å². The first-order valence-electron chi connectivity index (χ1n) is 7.72. The summed E-state index contributed by atoms with van der Waals surface area (Å²) in [6, 6.07) is 2.65. The molecule has 0 spiro atoms. The molecular weight excluding hydrogens is 296 g/mol. The molecule has 1 aromatic carbocycles. The van der Waals surface area contributed by atoms with Gasteiger partial charge in [0.05, 0.1) is 6.10 Å². The minimum atomic E-state index is -0.865. The highest BCUT2D eigenvalue weighted by molar-refractivity contribution is 5.67. The predicted molar refractivity (Wildman–Crippen MR) is 89.4 cm³/mol. The van der Waals surface area contributed by atoms with E-state index < -0.39 is 23.8 Å². The van der Waals surface area contributed by atoms with Gasteiger partial charge in [-0.15, -0.1) is 0 Å². The number of aromatic hydroxyl groups is 1. The Kier molecular flexibility index (Phi) is 6.41. The summed E-state index contributed by atoms with van der Waals surface area (Å²) < 4.78 is 5.13. The molecule has 6 heteroatoms. The van der Waals surface area contributed by atoms with Gasteiger partial charge in [-0.05, 0) is 69.9 Å². The van der Waals surface area contributed by atoms with Crippen molar-refractivity contribution in [3.05, 3.63) is 28.8 Å². The molecule has 130 valence electrons. The molecule has 2 atom stereocenters. The molecule has 2 unspecified atom stereocenters. The van der Waals surface area contributed by atoms with E-state index in [4.69, 9.17) is 10.5 Å². The van der Waals surface area contributed by atoms with Crippen LogP contribution in [-0.2, 0) is 4.74 Å². The molecule has 0 aliphatic rings. The zero-order valence-electron chi connectivity index (χ0n) is 14.5.